The number of anilines is 1. The van der Waals surface area contributed by atoms with Crippen LogP contribution in [0.15, 0.2) is 24.3 Å². The van der Waals surface area contributed by atoms with Crippen LogP contribution in [0.4, 0.5) is 5.69 Å². The third-order valence-electron chi connectivity index (χ3n) is 3.04. The Kier molecular flexibility index (Phi) is 5.15. The number of thiocarbonyl (C=S) groups is 1. The van der Waals surface area contributed by atoms with Crippen LogP contribution in [-0.4, -0.2) is 26.2 Å². The summed E-state index contributed by atoms with van der Waals surface area (Å²) in [5.41, 5.74) is 6.71. The maximum Gasteiger partial charge on any atom is 0.234 e. The number of hydrogen-bond acceptors (Lipinski definition) is 3. The Labute approximate surface area is 127 Å². The molecule has 2 N–H and O–H groups in total. The Balaban J connectivity index is 3.06. The van der Waals surface area contributed by atoms with Gasteiger partial charge in [0, 0.05) is 12.6 Å². The maximum absolute atomic E-state index is 12.4. The lowest BCUT2D eigenvalue weighted by atomic mass is 9.94. The fourth-order valence-electron chi connectivity index (χ4n) is 1.68. The van der Waals surface area contributed by atoms with Gasteiger partial charge in [-0.05, 0) is 24.0 Å². The van der Waals surface area contributed by atoms with Crippen molar-refractivity contribution >= 4 is 32.9 Å². The second kappa shape index (κ2) is 6.10. The summed E-state index contributed by atoms with van der Waals surface area (Å²) in [4.78, 5) is 0.193. The standard InChI is InChI=1S/C14H22N2O2S2/c1-14(2,3)9-10-20(17,18)16(4)12-8-6-5-7-11(12)13(15)19/h5-8H,9-10H2,1-4H3,(H2,15,19). The quantitative estimate of drug-likeness (QED) is 0.848. The molecular weight excluding hydrogens is 292 g/mol. The Bertz CT molecular complexity index is 589. The normalized spacial score (nSPS) is 12.2. The van der Waals surface area contributed by atoms with E-state index < -0.39 is 10.0 Å². The molecule has 0 aliphatic carbocycles. The summed E-state index contributed by atoms with van der Waals surface area (Å²) in [7, 11) is -1.85. The minimum Gasteiger partial charge on any atom is -0.389 e. The highest BCUT2D eigenvalue weighted by Crippen LogP contribution is 2.25. The summed E-state index contributed by atoms with van der Waals surface area (Å²) >= 11 is 4.97. The van der Waals surface area contributed by atoms with Crippen molar-refractivity contribution in [1.82, 2.24) is 0 Å². The largest absolute Gasteiger partial charge is 0.389 e. The molecule has 0 radical (unpaired) electrons. The van der Waals surface area contributed by atoms with Gasteiger partial charge in [0.05, 0.1) is 11.4 Å². The molecule has 0 aliphatic rings. The maximum atomic E-state index is 12.4. The van der Waals surface area contributed by atoms with E-state index in [2.05, 4.69) is 0 Å². The molecule has 0 saturated carbocycles. The Morgan fingerprint density at radius 2 is 1.85 bits per heavy atom. The zero-order chi connectivity index (χ0) is 15.6. The summed E-state index contributed by atoms with van der Waals surface area (Å²) in [5.74, 6) is 0.0959. The van der Waals surface area contributed by atoms with Crippen LogP contribution in [0.2, 0.25) is 0 Å². The van der Waals surface area contributed by atoms with Gasteiger partial charge >= 0.3 is 0 Å². The number of nitrogens with zero attached hydrogens (tertiary/aromatic N) is 1. The molecule has 0 atom stereocenters. The van der Waals surface area contributed by atoms with Crippen molar-refractivity contribution < 1.29 is 8.42 Å². The third-order valence-corrected chi connectivity index (χ3v) is 5.01. The van der Waals surface area contributed by atoms with E-state index in [1.165, 1.54) is 11.4 Å². The lowest BCUT2D eigenvalue weighted by Gasteiger charge is -2.24. The summed E-state index contributed by atoms with van der Waals surface area (Å²) in [5, 5.41) is 0. The van der Waals surface area contributed by atoms with Gasteiger partial charge in [-0.1, -0.05) is 45.1 Å². The monoisotopic (exact) mass is 314 g/mol. The van der Waals surface area contributed by atoms with Gasteiger partial charge in [-0.25, -0.2) is 8.42 Å². The topological polar surface area (TPSA) is 63.4 Å². The molecule has 4 nitrogen and oxygen atoms in total. The highest BCUT2D eigenvalue weighted by molar-refractivity contribution is 7.92. The zero-order valence-corrected chi connectivity index (χ0v) is 14.0. The molecule has 6 heteroatoms. The molecule has 1 aromatic carbocycles. The molecule has 112 valence electrons. The molecule has 0 saturated heterocycles. The number of para-hydroxylation sites is 1. The first-order chi connectivity index (χ1) is 9.04. The van der Waals surface area contributed by atoms with E-state index in [1.54, 1.807) is 24.3 Å². The highest BCUT2D eigenvalue weighted by atomic mass is 32.2. The average molecular weight is 314 g/mol. The molecule has 0 fully saturated rings. The minimum atomic E-state index is -3.38. The van der Waals surface area contributed by atoms with Gasteiger partial charge in [-0.3, -0.25) is 4.31 Å². The highest BCUT2D eigenvalue weighted by Gasteiger charge is 2.23. The van der Waals surface area contributed by atoms with Crippen LogP contribution in [0, 0.1) is 5.41 Å². The predicted octanol–water partition coefficient (Wildman–Crippen LogP) is 2.52. The molecule has 0 aromatic heterocycles. The van der Waals surface area contributed by atoms with E-state index in [-0.39, 0.29) is 16.2 Å². The molecule has 1 rings (SSSR count). The van der Waals surface area contributed by atoms with E-state index in [9.17, 15) is 8.42 Å². The number of sulfonamides is 1. The van der Waals surface area contributed by atoms with Crippen LogP contribution in [-0.2, 0) is 10.0 Å². The van der Waals surface area contributed by atoms with E-state index in [0.29, 0.717) is 17.7 Å². The minimum absolute atomic E-state index is 0.0312. The smallest absolute Gasteiger partial charge is 0.234 e. The van der Waals surface area contributed by atoms with Gasteiger partial charge in [0.15, 0.2) is 0 Å². The number of nitrogens with two attached hydrogens (primary N) is 1. The third kappa shape index (κ3) is 4.45. The van der Waals surface area contributed by atoms with Crippen molar-refractivity contribution in [2.24, 2.45) is 11.1 Å². The summed E-state index contributed by atoms with van der Waals surface area (Å²) < 4.78 is 26.1. The predicted molar refractivity (Wildman–Crippen MR) is 88.6 cm³/mol. The van der Waals surface area contributed by atoms with Gasteiger partial charge < -0.3 is 5.73 Å². The van der Waals surface area contributed by atoms with Crippen LogP contribution < -0.4 is 10.0 Å². The molecule has 20 heavy (non-hydrogen) atoms. The van der Waals surface area contributed by atoms with Crippen molar-refractivity contribution in [3.63, 3.8) is 0 Å². The van der Waals surface area contributed by atoms with Crippen molar-refractivity contribution in [2.45, 2.75) is 27.2 Å². The van der Waals surface area contributed by atoms with Crippen LogP contribution in [0.1, 0.15) is 32.8 Å². The Morgan fingerprint density at radius 3 is 2.35 bits per heavy atom. The van der Waals surface area contributed by atoms with Gasteiger partial charge in [-0.15, -0.1) is 0 Å². The Morgan fingerprint density at radius 1 is 1.30 bits per heavy atom. The van der Waals surface area contributed by atoms with Gasteiger partial charge in [0.2, 0.25) is 10.0 Å². The van der Waals surface area contributed by atoms with Crippen LogP contribution in [0.3, 0.4) is 0 Å². The molecule has 0 spiro atoms. The first-order valence-corrected chi connectivity index (χ1v) is 8.42. The van der Waals surface area contributed by atoms with E-state index >= 15 is 0 Å². The summed E-state index contributed by atoms with van der Waals surface area (Å²) in [6, 6.07) is 7.00. The fourth-order valence-corrected chi connectivity index (χ4v) is 3.45. The van der Waals surface area contributed by atoms with Crippen molar-refractivity contribution in [1.29, 1.82) is 0 Å². The van der Waals surface area contributed by atoms with E-state index in [0.717, 1.165) is 0 Å². The molecule has 0 aliphatic heterocycles. The first kappa shape index (κ1) is 16.9. The zero-order valence-electron chi connectivity index (χ0n) is 12.4. The molecular formula is C14H22N2O2S2. The summed E-state index contributed by atoms with van der Waals surface area (Å²) in [6.45, 7) is 6.06. The van der Waals surface area contributed by atoms with Gasteiger partial charge in [0.1, 0.15) is 4.99 Å². The number of rotatable bonds is 5. The fraction of sp³-hybridized carbons (Fsp3) is 0.500. The van der Waals surface area contributed by atoms with Crippen LogP contribution >= 0.6 is 12.2 Å². The lowest BCUT2D eigenvalue weighted by molar-refractivity contribution is 0.397. The number of hydrogen-bond donors (Lipinski definition) is 1. The summed E-state index contributed by atoms with van der Waals surface area (Å²) in [6.07, 6.45) is 0.592. The second-order valence-corrected chi connectivity index (χ2v) is 8.54. The molecule has 0 unspecified atom stereocenters. The van der Waals surface area contributed by atoms with Crippen LogP contribution in [0.25, 0.3) is 0 Å². The lowest BCUT2D eigenvalue weighted by Crippen LogP contribution is -2.32. The molecule has 1 aromatic rings. The molecule has 0 heterocycles. The van der Waals surface area contributed by atoms with Gasteiger partial charge in [-0.2, -0.15) is 0 Å². The van der Waals surface area contributed by atoms with E-state index in [1.807, 2.05) is 20.8 Å². The average Bonchev–Trinajstić information content (AvgIpc) is 2.35. The second-order valence-electron chi connectivity index (χ2n) is 5.98. The van der Waals surface area contributed by atoms with Crippen LogP contribution in [0.5, 0.6) is 0 Å². The van der Waals surface area contributed by atoms with E-state index in [4.69, 9.17) is 18.0 Å². The SMILES string of the molecule is CN(c1ccccc1C(N)=S)S(=O)(=O)CCC(C)(C)C. The number of benzene rings is 1. The van der Waals surface area contributed by atoms with Crippen molar-refractivity contribution in [3.8, 4) is 0 Å². The molecule has 0 bridgehead atoms. The van der Waals surface area contributed by atoms with Crippen molar-refractivity contribution in [3.05, 3.63) is 29.8 Å². The first-order valence-electron chi connectivity index (χ1n) is 6.40. The van der Waals surface area contributed by atoms with Gasteiger partial charge in [0.25, 0.3) is 0 Å². The van der Waals surface area contributed by atoms with Crippen molar-refractivity contribution in [2.75, 3.05) is 17.1 Å². The Hall–Kier alpha value is -1.14. The molecule has 0 amide bonds.